The maximum Gasteiger partial charge on any atom is 0.118 e. The summed E-state index contributed by atoms with van der Waals surface area (Å²) in [4.78, 5) is 0. The Labute approximate surface area is 82.2 Å². The topological polar surface area (TPSA) is 9.23 Å². The van der Waals surface area contributed by atoms with Crippen LogP contribution < -0.4 is 4.74 Å². The van der Waals surface area contributed by atoms with Gasteiger partial charge in [-0.1, -0.05) is 12.1 Å². The standard InChI is InChI=1S/C9H10Cl2O/c1-12-8-4-2-7(3-5-8)9(11)6-10/h2-5,9H,6H2,1H3. The molecule has 0 spiro atoms. The quantitative estimate of drug-likeness (QED) is 0.688. The predicted octanol–water partition coefficient (Wildman–Crippen LogP) is 3.21. The van der Waals surface area contributed by atoms with Gasteiger partial charge in [0.1, 0.15) is 5.75 Å². The number of ether oxygens (including phenoxy) is 1. The number of rotatable bonds is 3. The third-order valence-electron chi connectivity index (χ3n) is 1.61. The third-order valence-corrected chi connectivity index (χ3v) is 2.49. The van der Waals surface area contributed by atoms with Gasteiger partial charge in [-0.05, 0) is 17.7 Å². The Bertz CT molecular complexity index is 233. The zero-order valence-corrected chi connectivity index (χ0v) is 8.27. The summed E-state index contributed by atoms with van der Waals surface area (Å²) in [6.45, 7) is 0. The number of halogens is 2. The average Bonchev–Trinajstić information content (AvgIpc) is 2.17. The molecular formula is C9H10Cl2O. The van der Waals surface area contributed by atoms with E-state index in [1.807, 2.05) is 24.3 Å². The van der Waals surface area contributed by atoms with Crippen LogP contribution in [0.3, 0.4) is 0 Å². The molecule has 0 heterocycles. The highest BCUT2D eigenvalue weighted by molar-refractivity contribution is 6.28. The van der Waals surface area contributed by atoms with Crippen molar-refractivity contribution in [2.45, 2.75) is 5.38 Å². The number of benzene rings is 1. The van der Waals surface area contributed by atoms with Gasteiger partial charge in [0.2, 0.25) is 0 Å². The molecule has 1 nitrogen and oxygen atoms in total. The van der Waals surface area contributed by atoms with Crippen molar-refractivity contribution in [3.63, 3.8) is 0 Å². The molecule has 0 aliphatic heterocycles. The van der Waals surface area contributed by atoms with Crippen LogP contribution in [0.15, 0.2) is 24.3 Å². The van der Waals surface area contributed by atoms with Crippen LogP contribution in [0.4, 0.5) is 0 Å². The Morgan fingerprint density at radius 1 is 1.33 bits per heavy atom. The fourth-order valence-corrected chi connectivity index (χ4v) is 1.23. The van der Waals surface area contributed by atoms with Crippen molar-refractivity contribution in [1.82, 2.24) is 0 Å². The maximum absolute atomic E-state index is 5.91. The molecule has 0 aliphatic rings. The smallest absolute Gasteiger partial charge is 0.118 e. The fraction of sp³-hybridized carbons (Fsp3) is 0.333. The van der Waals surface area contributed by atoms with Gasteiger partial charge >= 0.3 is 0 Å². The molecule has 0 amide bonds. The van der Waals surface area contributed by atoms with E-state index in [9.17, 15) is 0 Å². The van der Waals surface area contributed by atoms with Gasteiger partial charge in [0, 0.05) is 5.88 Å². The molecule has 1 rings (SSSR count). The third kappa shape index (κ3) is 2.29. The minimum Gasteiger partial charge on any atom is -0.497 e. The van der Waals surface area contributed by atoms with Gasteiger partial charge in [-0.15, -0.1) is 23.2 Å². The molecule has 0 aliphatic carbocycles. The number of alkyl halides is 2. The fourth-order valence-electron chi connectivity index (χ4n) is 0.902. The lowest BCUT2D eigenvalue weighted by atomic mass is 10.1. The monoisotopic (exact) mass is 204 g/mol. The molecule has 66 valence electrons. The first kappa shape index (κ1) is 9.69. The molecule has 0 saturated carbocycles. The summed E-state index contributed by atoms with van der Waals surface area (Å²) in [6.07, 6.45) is 0. The lowest BCUT2D eigenvalue weighted by Crippen LogP contribution is -1.91. The molecule has 0 aromatic heterocycles. The summed E-state index contributed by atoms with van der Waals surface area (Å²) < 4.78 is 5.01. The highest BCUT2D eigenvalue weighted by atomic mass is 35.5. The molecule has 12 heavy (non-hydrogen) atoms. The predicted molar refractivity (Wildman–Crippen MR) is 52.3 cm³/mol. The Morgan fingerprint density at radius 3 is 2.33 bits per heavy atom. The van der Waals surface area contributed by atoms with Crippen LogP contribution in [0.5, 0.6) is 5.75 Å². The van der Waals surface area contributed by atoms with Crippen molar-refractivity contribution in [2.75, 3.05) is 13.0 Å². The van der Waals surface area contributed by atoms with Crippen LogP contribution in [0, 0.1) is 0 Å². The van der Waals surface area contributed by atoms with Crippen molar-refractivity contribution >= 4 is 23.2 Å². The van der Waals surface area contributed by atoms with Crippen LogP contribution in [0.1, 0.15) is 10.9 Å². The second-order valence-electron chi connectivity index (χ2n) is 2.39. The first-order valence-electron chi connectivity index (χ1n) is 3.62. The van der Waals surface area contributed by atoms with E-state index < -0.39 is 0 Å². The summed E-state index contributed by atoms with van der Waals surface area (Å²) in [5.74, 6) is 1.26. The van der Waals surface area contributed by atoms with Gasteiger partial charge in [-0.25, -0.2) is 0 Å². The van der Waals surface area contributed by atoms with E-state index in [0.717, 1.165) is 11.3 Å². The van der Waals surface area contributed by atoms with E-state index >= 15 is 0 Å². The van der Waals surface area contributed by atoms with Gasteiger partial charge in [0.25, 0.3) is 0 Å². The van der Waals surface area contributed by atoms with Crippen LogP contribution in [0.2, 0.25) is 0 Å². The normalized spacial score (nSPS) is 12.6. The van der Waals surface area contributed by atoms with Gasteiger partial charge in [-0.3, -0.25) is 0 Å². The van der Waals surface area contributed by atoms with Crippen molar-refractivity contribution in [3.05, 3.63) is 29.8 Å². The van der Waals surface area contributed by atoms with E-state index in [-0.39, 0.29) is 5.38 Å². The molecular weight excluding hydrogens is 195 g/mol. The van der Waals surface area contributed by atoms with E-state index in [0.29, 0.717) is 5.88 Å². The van der Waals surface area contributed by atoms with Crippen molar-refractivity contribution in [3.8, 4) is 5.75 Å². The molecule has 1 unspecified atom stereocenters. The van der Waals surface area contributed by atoms with Crippen LogP contribution in [-0.2, 0) is 0 Å². The molecule has 0 fully saturated rings. The molecule has 1 atom stereocenters. The first-order valence-corrected chi connectivity index (χ1v) is 4.59. The zero-order chi connectivity index (χ0) is 8.97. The molecule has 1 aromatic carbocycles. The van der Waals surface area contributed by atoms with Crippen molar-refractivity contribution in [1.29, 1.82) is 0 Å². The van der Waals surface area contributed by atoms with Crippen molar-refractivity contribution in [2.24, 2.45) is 0 Å². The molecule has 0 saturated heterocycles. The van der Waals surface area contributed by atoms with E-state index in [1.54, 1.807) is 7.11 Å². The molecule has 0 N–H and O–H groups in total. The second kappa shape index (κ2) is 4.58. The zero-order valence-electron chi connectivity index (χ0n) is 6.76. The van der Waals surface area contributed by atoms with E-state index in [2.05, 4.69) is 0 Å². The average molecular weight is 205 g/mol. The first-order chi connectivity index (χ1) is 5.77. The SMILES string of the molecule is COc1ccc(C(Cl)CCl)cc1. The Kier molecular flexibility index (Phi) is 3.70. The highest BCUT2D eigenvalue weighted by Crippen LogP contribution is 2.23. The largest absolute Gasteiger partial charge is 0.497 e. The van der Waals surface area contributed by atoms with Gasteiger partial charge < -0.3 is 4.74 Å². The van der Waals surface area contributed by atoms with Gasteiger partial charge in [-0.2, -0.15) is 0 Å². The summed E-state index contributed by atoms with van der Waals surface area (Å²) in [6, 6.07) is 7.58. The summed E-state index contributed by atoms with van der Waals surface area (Å²) in [5, 5.41) is -0.113. The molecule has 3 heteroatoms. The number of hydrogen-bond acceptors (Lipinski definition) is 1. The van der Waals surface area contributed by atoms with E-state index in [1.165, 1.54) is 0 Å². The van der Waals surface area contributed by atoms with Gasteiger partial charge in [0.15, 0.2) is 0 Å². The van der Waals surface area contributed by atoms with E-state index in [4.69, 9.17) is 27.9 Å². The summed E-state index contributed by atoms with van der Waals surface area (Å²) in [5.41, 5.74) is 1.02. The Morgan fingerprint density at radius 2 is 1.92 bits per heavy atom. The molecule has 0 radical (unpaired) electrons. The summed E-state index contributed by atoms with van der Waals surface area (Å²) >= 11 is 11.5. The number of methoxy groups -OCH3 is 1. The molecule has 0 bridgehead atoms. The molecule has 1 aromatic rings. The van der Waals surface area contributed by atoms with Crippen LogP contribution in [0.25, 0.3) is 0 Å². The van der Waals surface area contributed by atoms with Crippen molar-refractivity contribution < 1.29 is 4.74 Å². The highest BCUT2D eigenvalue weighted by Gasteiger charge is 2.04. The lowest BCUT2D eigenvalue weighted by molar-refractivity contribution is 0.414. The second-order valence-corrected chi connectivity index (χ2v) is 3.23. The Balaban J connectivity index is 2.77. The number of hydrogen-bond donors (Lipinski definition) is 0. The van der Waals surface area contributed by atoms with Crippen LogP contribution in [-0.4, -0.2) is 13.0 Å². The Hall–Kier alpha value is -0.400. The lowest BCUT2D eigenvalue weighted by Gasteiger charge is -2.06. The summed E-state index contributed by atoms with van der Waals surface area (Å²) in [7, 11) is 1.63. The maximum atomic E-state index is 5.91. The minimum absolute atomic E-state index is 0.113. The van der Waals surface area contributed by atoms with Crippen LogP contribution >= 0.6 is 23.2 Å². The van der Waals surface area contributed by atoms with Gasteiger partial charge in [0.05, 0.1) is 12.5 Å². The minimum atomic E-state index is -0.113.